The Kier molecular flexibility index (Phi) is 6.70. The molecule has 2 aromatic carbocycles. The standard InChI is InChI=1S/C26H28N2O7/c29-24(28-10-12-33-14-16(13-28)25(30)31)23-22(9-11-34-23)27-26(32)35-15-21-19-7-3-1-5-17(19)18-6-2-4-8-20(18)21/h1-8,16,21-23H,9-15H2,(H,27,32)(H,30,31). The van der Waals surface area contributed by atoms with Gasteiger partial charge in [0, 0.05) is 25.6 Å². The molecule has 9 heteroatoms. The lowest BCUT2D eigenvalue weighted by Gasteiger charge is -2.27. The van der Waals surface area contributed by atoms with Gasteiger partial charge in [0.05, 0.1) is 25.2 Å². The summed E-state index contributed by atoms with van der Waals surface area (Å²) in [4.78, 5) is 38.7. The summed E-state index contributed by atoms with van der Waals surface area (Å²) in [5, 5.41) is 12.1. The van der Waals surface area contributed by atoms with Gasteiger partial charge in [-0.15, -0.1) is 0 Å². The van der Waals surface area contributed by atoms with Crippen LogP contribution < -0.4 is 5.32 Å². The van der Waals surface area contributed by atoms with Crippen LogP contribution in [0.3, 0.4) is 0 Å². The van der Waals surface area contributed by atoms with E-state index in [4.69, 9.17) is 14.2 Å². The molecule has 2 aromatic rings. The van der Waals surface area contributed by atoms with E-state index in [1.54, 1.807) is 0 Å². The molecule has 3 aliphatic rings. The average Bonchev–Trinajstić information content (AvgIpc) is 3.35. The molecule has 2 amide bonds. The zero-order chi connectivity index (χ0) is 24.4. The van der Waals surface area contributed by atoms with Gasteiger partial charge in [0.2, 0.25) is 0 Å². The number of alkyl carbamates (subject to hydrolysis) is 1. The van der Waals surface area contributed by atoms with Gasteiger partial charge in [-0.1, -0.05) is 48.5 Å². The Morgan fingerprint density at radius 3 is 2.40 bits per heavy atom. The minimum absolute atomic E-state index is 0.0473. The van der Waals surface area contributed by atoms with Gasteiger partial charge in [0.1, 0.15) is 6.61 Å². The number of amides is 2. The fourth-order valence-electron chi connectivity index (χ4n) is 5.11. The second kappa shape index (κ2) is 10.1. The Morgan fingerprint density at radius 2 is 1.71 bits per heavy atom. The molecule has 1 aliphatic carbocycles. The fraction of sp³-hybridized carbons (Fsp3) is 0.423. The highest BCUT2D eigenvalue weighted by molar-refractivity contribution is 5.84. The first-order valence-electron chi connectivity index (χ1n) is 11.9. The Hall–Kier alpha value is -3.43. The molecule has 2 saturated heterocycles. The van der Waals surface area contributed by atoms with Crippen LogP contribution >= 0.6 is 0 Å². The van der Waals surface area contributed by atoms with E-state index in [0.29, 0.717) is 13.0 Å². The van der Waals surface area contributed by atoms with Crippen molar-refractivity contribution in [2.75, 3.05) is 39.5 Å². The molecule has 184 valence electrons. The molecule has 0 spiro atoms. The van der Waals surface area contributed by atoms with Crippen LogP contribution in [0.5, 0.6) is 0 Å². The zero-order valence-electron chi connectivity index (χ0n) is 19.2. The van der Waals surface area contributed by atoms with Crippen LogP contribution in [-0.4, -0.2) is 79.6 Å². The van der Waals surface area contributed by atoms with Crippen LogP contribution in [0.4, 0.5) is 4.79 Å². The SMILES string of the molecule is O=C(NC1CCOC1C(=O)N1CCOCC(C(=O)O)C1)OCC1c2ccccc2-c2ccccc21. The van der Waals surface area contributed by atoms with E-state index in [-0.39, 0.29) is 44.7 Å². The maximum atomic E-state index is 13.1. The lowest BCUT2D eigenvalue weighted by Crippen LogP contribution is -2.51. The maximum Gasteiger partial charge on any atom is 0.407 e. The molecule has 2 fully saturated rings. The monoisotopic (exact) mass is 480 g/mol. The van der Waals surface area contributed by atoms with Crippen molar-refractivity contribution in [2.24, 2.45) is 5.92 Å². The summed E-state index contributed by atoms with van der Waals surface area (Å²) in [6.07, 6.45) is -1.03. The molecule has 3 unspecified atom stereocenters. The largest absolute Gasteiger partial charge is 0.481 e. The number of carboxylic acids is 1. The molecular formula is C26H28N2O7. The number of nitrogens with one attached hydrogen (secondary N) is 1. The third-order valence-corrected chi connectivity index (χ3v) is 6.91. The van der Waals surface area contributed by atoms with Crippen molar-refractivity contribution in [3.63, 3.8) is 0 Å². The third-order valence-electron chi connectivity index (χ3n) is 6.91. The van der Waals surface area contributed by atoms with Crippen molar-refractivity contribution in [3.8, 4) is 11.1 Å². The van der Waals surface area contributed by atoms with Crippen molar-refractivity contribution in [1.29, 1.82) is 0 Å². The minimum Gasteiger partial charge on any atom is -0.481 e. The summed E-state index contributed by atoms with van der Waals surface area (Å²) in [6, 6.07) is 15.7. The topological polar surface area (TPSA) is 114 Å². The summed E-state index contributed by atoms with van der Waals surface area (Å²) in [6.45, 7) is 1.14. The summed E-state index contributed by atoms with van der Waals surface area (Å²) in [5.74, 6) is -2.21. The predicted molar refractivity (Wildman–Crippen MR) is 125 cm³/mol. The van der Waals surface area contributed by atoms with Crippen LogP contribution in [0.25, 0.3) is 11.1 Å². The first kappa shape index (κ1) is 23.3. The summed E-state index contributed by atoms with van der Waals surface area (Å²) >= 11 is 0. The molecule has 9 nitrogen and oxygen atoms in total. The number of carbonyl (C=O) groups excluding carboxylic acids is 2. The van der Waals surface area contributed by atoms with Crippen molar-refractivity contribution >= 4 is 18.0 Å². The highest BCUT2D eigenvalue weighted by Crippen LogP contribution is 2.44. The van der Waals surface area contributed by atoms with Crippen LogP contribution in [0, 0.1) is 5.92 Å². The second-order valence-electron chi connectivity index (χ2n) is 9.05. The molecule has 5 rings (SSSR count). The van der Waals surface area contributed by atoms with Crippen LogP contribution in [0.15, 0.2) is 48.5 Å². The molecule has 3 atom stereocenters. The Morgan fingerprint density at radius 1 is 1.03 bits per heavy atom. The average molecular weight is 481 g/mol. The van der Waals surface area contributed by atoms with E-state index < -0.39 is 30.1 Å². The Bertz CT molecular complexity index is 1070. The predicted octanol–water partition coefficient (Wildman–Crippen LogP) is 2.24. The number of carboxylic acid groups (broad SMARTS) is 1. The number of ether oxygens (including phenoxy) is 3. The van der Waals surface area contributed by atoms with Gasteiger partial charge in [-0.05, 0) is 28.7 Å². The van der Waals surface area contributed by atoms with Gasteiger partial charge >= 0.3 is 12.1 Å². The zero-order valence-corrected chi connectivity index (χ0v) is 19.2. The van der Waals surface area contributed by atoms with Gasteiger partial charge in [0.25, 0.3) is 5.91 Å². The van der Waals surface area contributed by atoms with E-state index in [0.717, 1.165) is 22.3 Å². The van der Waals surface area contributed by atoms with E-state index >= 15 is 0 Å². The van der Waals surface area contributed by atoms with Crippen molar-refractivity contribution < 1.29 is 33.7 Å². The molecule has 2 heterocycles. The van der Waals surface area contributed by atoms with Crippen LogP contribution in [-0.2, 0) is 23.8 Å². The van der Waals surface area contributed by atoms with Gasteiger partial charge in [-0.3, -0.25) is 9.59 Å². The molecule has 0 bridgehead atoms. The summed E-state index contributed by atoms with van der Waals surface area (Å²) in [7, 11) is 0. The van der Waals surface area contributed by atoms with Gasteiger partial charge in [0.15, 0.2) is 6.10 Å². The van der Waals surface area contributed by atoms with Gasteiger partial charge < -0.3 is 29.5 Å². The molecule has 35 heavy (non-hydrogen) atoms. The highest BCUT2D eigenvalue weighted by Gasteiger charge is 2.40. The smallest absolute Gasteiger partial charge is 0.407 e. The van der Waals surface area contributed by atoms with E-state index in [2.05, 4.69) is 29.6 Å². The first-order valence-corrected chi connectivity index (χ1v) is 11.9. The van der Waals surface area contributed by atoms with Gasteiger partial charge in [-0.2, -0.15) is 0 Å². The number of hydrogen-bond acceptors (Lipinski definition) is 6. The number of fused-ring (bicyclic) bond motifs is 3. The normalized spacial score (nSPS) is 23.8. The lowest BCUT2D eigenvalue weighted by atomic mass is 9.98. The number of hydrogen-bond donors (Lipinski definition) is 2. The molecule has 0 saturated carbocycles. The molecular weight excluding hydrogens is 452 g/mol. The molecule has 0 radical (unpaired) electrons. The maximum absolute atomic E-state index is 13.1. The number of rotatable bonds is 5. The Balaban J connectivity index is 1.21. The third kappa shape index (κ3) is 4.74. The molecule has 2 N–H and O–H groups in total. The Labute approximate surface area is 203 Å². The fourth-order valence-corrected chi connectivity index (χ4v) is 5.11. The van der Waals surface area contributed by atoms with Gasteiger partial charge in [-0.25, -0.2) is 4.79 Å². The van der Waals surface area contributed by atoms with E-state index in [9.17, 15) is 19.5 Å². The molecule has 0 aromatic heterocycles. The quantitative estimate of drug-likeness (QED) is 0.675. The van der Waals surface area contributed by atoms with Crippen molar-refractivity contribution in [2.45, 2.75) is 24.5 Å². The van der Waals surface area contributed by atoms with Crippen LogP contribution in [0.2, 0.25) is 0 Å². The molecule has 2 aliphatic heterocycles. The first-order chi connectivity index (χ1) is 17.0. The van der Waals surface area contributed by atoms with E-state index in [1.165, 1.54) is 4.90 Å². The number of aliphatic carboxylic acids is 1. The minimum atomic E-state index is -1.01. The summed E-state index contributed by atoms with van der Waals surface area (Å²) < 4.78 is 16.6. The number of nitrogens with zero attached hydrogens (tertiary/aromatic N) is 1. The van der Waals surface area contributed by atoms with E-state index in [1.807, 2.05) is 24.3 Å². The van der Waals surface area contributed by atoms with Crippen LogP contribution in [0.1, 0.15) is 23.5 Å². The van der Waals surface area contributed by atoms with Crippen molar-refractivity contribution in [3.05, 3.63) is 59.7 Å². The van der Waals surface area contributed by atoms with Crippen molar-refractivity contribution in [1.82, 2.24) is 10.2 Å². The number of benzene rings is 2. The highest BCUT2D eigenvalue weighted by atomic mass is 16.6. The lowest BCUT2D eigenvalue weighted by molar-refractivity contribution is -0.146. The summed E-state index contributed by atoms with van der Waals surface area (Å²) in [5.41, 5.74) is 4.53. The second-order valence-corrected chi connectivity index (χ2v) is 9.05. The number of carbonyl (C=O) groups is 3.